The van der Waals surface area contributed by atoms with E-state index in [1.165, 1.54) is 23.1 Å². The molecule has 40 heavy (non-hydrogen) atoms. The third kappa shape index (κ3) is 7.77. The Balaban J connectivity index is 2.05. The number of nitrogens with one attached hydrogen (secondary N) is 1. The molecule has 0 fully saturated rings. The van der Waals surface area contributed by atoms with E-state index in [2.05, 4.69) is 5.32 Å². The second kappa shape index (κ2) is 13.5. The standard InChI is InChI=1S/C30H35Cl2N3O4S/c1-6-22(4)33-30(37)23(5)34(18-24-8-7-9-25(31)16-24)29(36)19-35(26-13-12-21(3)28(32)17-26)40(38,39)27-14-10-20(2)11-15-27/h7-17,22-23H,6,18-19H2,1-5H3,(H,33,37)/t22-,23+/m0/s1. The van der Waals surface area contributed by atoms with Crippen LogP contribution in [0.4, 0.5) is 5.69 Å². The number of anilines is 1. The maximum atomic E-state index is 14.0. The zero-order valence-electron chi connectivity index (χ0n) is 23.3. The van der Waals surface area contributed by atoms with E-state index in [0.29, 0.717) is 15.6 Å². The third-order valence-electron chi connectivity index (χ3n) is 6.74. The average molecular weight is 605 g/mol. The van der Waals surface area contributed by atoms with E-state index in [0.717, 1.165) is 21.9 Å². The third-order valence-corrected chi connectivity index (χ3v) is 9.17. The molecule has 10 heteroatoms. The Hall–Kier alpha value is -3.07. The highest BCUT2D eigenvalue weighted by Crippen LogP contribution is 2.29. The highest BCUT2D eigenvalue weighted by Gasteiger charge is 2.33. The summed E-state index contributed by atoms with van der Waals surface area (Å²) in [7, 11) is -4.17. The molecule has 0 heterocycles. The van der Waals surface area contributed by atoms with Gasteiger partial charge in [-0.05, 0) is 81.6 Å². The second-order valence-corrected chi connectivity index (χ2v) is 12.6. The van der Waals surface area contributed by atoms with Crippen molar-refractivity contribution in [2.45, 2.75) is 64.6 Å². The van der Waals surface area contributed by atoms with E-state index in [9.17, 15) is 18.0 Å². The van der Waals surface area contributed by atoms with Gasteiger partial charge in [0.1, 0.15) is 12.6 Å². The first kappa shape index (κ1) is 31.5. The molecule has 0 unspecified atom stereocenters. The summed E-state index contributed by atoms with van der Waals surface area (Å²) in [6, 6.07) is 17.2. The van der Waals surface area contributed by atoms with Gasteiger partial charge >= 0.3 is 0 Å². The molecule has 1 N–H and O–H groups in total. The lowest BCUT2D eigenvalue weighted by atomic mass is 10.1. The van der Waals surface area contributed by atoms with Crippen LogP contribution in [0.25, 0.3) is 0 Å². The van der Waals surface area contributed by atoms with Crippen molar-refractivity contribution in [3.8, 4) is 0 Å². The molecular weight excluding hydrogens is 569 g/mol. The minimum atomic E-state index is -4.17. The van der Waals surface area contributed by atoms with E-state index in [4.69, 9.17) is 23.2 Å². The van der Waals surface area contributed by atoms with Crippen LogP contribution in [0.15, 0.2) is 71.6 Å². The summed E-state index contributed by atoms with van der Waals surface area (Å²) in [5.74, 6) is -0.893. The molecule has 3 rings (SSSR count). The summed E-state index contributed by atoms with van der Waals surface area (Å²) in [5.41, 5.74) is 2.61. The molecule has 0 spiro atoms. The van der Waals surface area contributed by atoms with Crippen molar-refractivity contribution in [1.82, 2.24) is 10.2 Å². The van der Waals surface area contributed by atoms with Gasteiger partial charge in [0.15, 0.2) is 0 Å². The van der Waals surface area contributed by atoms with Crippen molar-refractivity contribution >= 4 is 50.7 Å². The summed E-state index contributed by atoms with van der Waals surface area (Å²) < 4.78 is 28.8. The lowest BCUT2D eigenvalue weighted by molar-refractivity contribution is -0.139. The van der Waals surface area contributed by atoms with Gasteiger partial charge in [-0.1, -0.05) is 66.0 Å². The van der Waals surface area contributed by atoms with Crippen LogP contribution in [0.2, 0.25) is 10.0 Å². The van der Waals surface area contributed by atoms with Crippen LogP contribution < -0.4 is 9.62 Å². The predicted octanol–water partition coefficient (Wildman–Crippen LogP) is 6.14. The van der Waals surface area contributed by atoms with E-state index in [-0.39, 0.29) is 29.1 Å². The van der Waals surface area contributed by atoms with Crippen molar-refractivity contribution in [3.05, 3.63) is 93.5 Å². The predicted molar refractivity (Wildman–Crippen MR) is 161 cm³/mol. The first-order chi connectivity index (χ1) is 18.8. The van der Waals surface area contributed by atoms with Gasteiger partial charge in [0, 0.05) is 22.6 Å². The Labute approximate surface area is 247 Å². The number of amides is 2. The minimum absolute atomic E-state index is 0.0338. The average Bonchev–Trinajstić information content (AvgIpc) is 2.91. The van der Waals surface area contributed by atoms with Gasteiger partial charge in [0.25, 0.3) is 10.0 Å². The molecule has 0 radical (unpaired) electrons. The lowest BCUT2D eigenvalue weighted by Gasteiger charge is -2.32. The summed E-state index contributed by atoms with van der Waals surface area (Å²) in [6.45, 7) is 8.63. The van der Waals surface area contributed by atoms with Gasteiger partial charge in [-0.25, -0.2) is 8.42 Å². The van der Waals surface area contributed by atoms with Crippen molar-refractivity contribution in [2.24, 2.45) is 0 Å². The molecule has 7 nitrogen and oxygen atoms in total. The molecule has 0 aliphatic carbocycles. The molecule has 0 aliphatic heterocycles. The Morgan fingerprint density at radius 3 is 2.23 bits per heavy atom. The van der Waals surface area contributed by atoms with Gasteiger partial charge in [-0.3, -0.25) is 13.9 Å². The number of hydrogen-bond donors (Lipinski definition) is 1. The Kier molecular flexibility index (Phi) is 10.6. The molecule has 0 saturated heterocycles. The molecule has 0 bridgehead atoms. The number of nitrogens with zero attached hydrogens (tertiary/aromatic N) is 2. The number of halogens is 2. The fraction of sp³-hybridized carbons (Fsp3) is 0.333. The summed E-state index contributed by atoms with van der Waals surface area (Å²) >= 11 is 12.6. The molecule has 2 atom stereocenters. The number of benzene rings is 3. The fourth-order valence-corrected chi connectivity index (χ4v) is 5.78. The zero-order chi connectivity index (χ0) is 29.6. The number of carbonyl (C=O) groups excluding carboxylic acids is 2. The van der Waals surface area contributed by atoms with E-state index in [1.807, 2.05) is 20.8 Å². The van der Waals surface area contributed by atoms with E-state index >= 15 is 0 Å². The minimum Gasteiger partial charge on any atom is -0.352 e. The molecule has 2 amide bonds. The Morgan fingerprint density at radius 1 is 0.950 bits per heavy atom. The largest absolute Gasteiger partial charge is 0.352 e. The van der Waals surface area contributed by atoms with E-state index < -0.39 is 28.5 Å². The van der Waals surface area contributed by atoms with Crippen molar-refractivity contribution in [2.75, 3.05) is 10.8 Å². The molecule has 0 saturated carbocycles. The highest BCUT2D eigenvalue weighted by molar-refractivity contribution is 7.92. The van der Waals surface area contributed by atoms with Crippen molar-refractivity contribution in [1.29, 1.82) is 0 Å². The number of rotatable bonds is 11. The van der Waals surface area contributed by atoms with Crippen LogP contribution in [-0.2, 0) is 26.2 Å². The van der Waals surface area contributed by atoms with Crippen molar-refractivity contribution in [3.63, 3.8) is 0 Å². The molecular formula is C30H35Cl2N3O4S. The number of hydrogen-bond acceptors (Lipinski definition) is 4. The van der Waals surface area contributed by atoms with Crippen LogP contribution in [0.1, 0.15) is 43.9 Å². The van der Waals surface area contributed by atoms with Crippen molar-refractivity contribution < 1.29 is 18.0 Å². The molecule has 0 aromatic heterocycles. The van der Waals surface area contributed by atoms with Gasteiger partial charge in [0.05, 0.1) is 10.6 Å². The smallest absolute Gasteiger partial charge is 0.264 e. The fourth-order valence-electron chi connectivity index (χ4n) is 3.98. The van der Waals surface area contributed by atoms with Gasteiger partial charge < -0.3 is 10.2 Å². The number of sulfonamides is 1. The maximum absolute atomic E-state index is 14.0. The second-order valence-electron chi connectivity index (χ2n) is 9.90. The van der Waals surface area contributed by atoms with Crippen LogP contribution in [0.3, 0.4) is 0 Å². The van der Waals surface area contributed by atoms with Crippen LogP contribution >= 0.6 is 23.2 Å². The lowest BCUT2D eigenvalue weighted by Crippen LogP contribution is -2.52. The number of aryl methyl sites for hydroxylation is 2. The topological polar surface area (TPSA) is 86.8 Å². The van der Waals surface area contributed by atoms with Gasteiger partial charge in [-0.2, -0.15) is 0 Å². The Bertz CT molecular complexity index is 1460. The zero-order valence-corrected chi connectivity index (χ0v) is 25.6. The molecule has 0 aliphatic rings. The summed E-state index contributed by atoms with van der Waals surface area (Å²) in [5, 5.41) is 3.77. The van der Waals surface area contributed by atoms with Gasteiger partial charge in [-0.15, -0.1) is 0 Å². The summed E-state index contributed by atoms with van der Waals surface area (Å²) in [4.78, 5) is 28.5. The molecule has 214 valence electrons. The molecule has 3 aromatic rings. The number of carbonyl (C=O) groups is 2. The van der Waals surface area contributed by atoms with Crippen LogP contribution in [0.5, 0.6) is 0 Å². The van der Waals surface area contributed by atoms with Crippen LogP contribution in [-0.4, -0.2) is 43.8 Å². The monoisotopic (exact) mass is 603 g/mol. The summed E-state index contributed by atoms with van der Waals surface area (Å²) in [6.07, 6.45) is 0.720. The quantitative estimate of drug-likeness (QED) is 0.285. The Morgan fingerprint density at radius 2 is 1.62 bits per heavy atom. The van der Waals surface area contributed by atoms with Crippen LogP contribution in [0, 0.1) is 13.8 Å². The first-order valence-corrected chi connectivity index (χ1v) is 15.2. The van der Waals surface area contributed by atoms with Gasteiger partial charge in [0.2, 0.25) is 11.8 Å². The highest BCUT2D eigenvalue weighted by atomic mass is 35.5. The van der Waals surface area contributed by atoms with E-state index in [1.54, 1.807) is 62.4 Å². The first-order valence-electron chi connectivity index (χ1n) is 13.0. The maximum Gasteiger partial charge on any atom is 0.264 e. The normalized spacial score (nSPS) is 12.9. The molecule has 3 aromatic carbocycles. The SMILES string of the molecule is CC[C@H](C)NC(=O)[C@@H](C)N(Cc1cccc(Cl)c1)C(=O)CN(c1ccc(C)c(Cl)c1)S(=O)(=O)c1ccc(C)cc1.